The first-order valence-electron chi connectivity index (χ1n) is 9.32. The number of rotatable bonds is 5. The second kappa shape index (κ2) is 7.32. The molecule has 27 heavy (non-hydrogen) atoms. The van der Waals surface area contributed by atoms with Gasteiger partial charge in [-0.05, 0) is 37.1 Å². The van der Waals surface area contributed by atoms with Crippen molar-refractivity contribution >= 4 is 5.91 Å². The Morgan fingerprint density at radius 2 is 1.85 bits per heavy atom. The molecule has 1 unspecified atom stereocenters. The third kappa shape index (κ3) is 3.24. The van der Waals surface area contributed by atoms with E-state index < -0.39 is 5.54 Å². The Bertz CT molecular complexity index is 914. The lowest BCUT2D eigenvalue weighted by Crippen LogP contribution is -2.47. The van der Waals surface area contributed by atoms with Crippen LogP contribution in [0.1, 0.15) is 35.1 Å². The first-order valence-corrected chi connectivity index (χ1v) is 9.32. The molecule has 2 aromatic carbocycles. The summed E-state index contributed by atoms with van der Waals surface area (Å²) in [6.45, 7) is 3.59. The third-order valence-corrected chi connectivity index (χ3v) is 5.15. The Hall–Kier alpha value is -2.99. The first-order chi connectivity index (χ1) is 13.2. The highest BCUT2D eigenvalue weighted by Gasteiger charge is 2.38. The van der Waals surface area contributed by atoms with Crippen molar-refractivity contribution in [3.63, 3.8) is 0 Å². The predicted molar refractivity (Wildman–Crippen MR) is 104 cm³/mol. The zero-order chi connectivity index (χ0) is 18.7. The Kier molecular flexibility index (Phi) is 4.73. The van der Waals surface area contributed by atoms with E-state index in [1.165, 1.54) is 0 Å². The van der Waals surface area contributed by atoms with Crippen LogP contribution in [0.2, 0.25) is 0 Å². The lowest BCUT2D eigenvalue weighted by atomic mass is 9.88. The minimum Gasteiger partial charge on any atom is -0.340 e. The Labute approximate surface area is 158 Å². The molecular weight excluding hydrogens is 338 g/mol. The molecule has 0 aliphatic carbocycles. The standard InChI is InChI=1S/C21H23N5O/c1-2-18-19(24-25-26(18)17-11-7-4-8-12-17)20(27)23-21(13-14-22-15-21)16-9-5-3-6-10-16/h3-12,22H,2,13-15H2,1H3,(H,23,27). The van der Waals surface area contributed by atoms with Gasteiger partial charge in [-0.1, -0.05) is 60.7 Å². The van der Waals surface area contributed by atoms with Crippen LogP contribution in [0.5, 0.6) is 0 Å². The van der Waals surface area contributed by atoms with Crippen LogP contribution in [0.25, 0.3) is 5.69 Å². The van der Waals surface area contributed by atoms with Crippen molar-refractivity contribution in [2.75, 3.05) is 13.1 Å². The summed E-state index contributed by atoms with van der Waals surface area (Å²) >= 11 is 0. The molecule has 6 heteroatoms. The van der Waals surface area contributed by atoms with Crippen molar-refractivity contribution in [3.05, 3.63) is 77.6 Å². The minimum atomic E-state index is -0.417. The largest absolute Gasteiger partial charge is 0.340 e. The highest BCUT2D eigenvalue weighted by molar-refractivity contribution is 5.94. The molecular formula is C21H23N5O. The maximum Gasteiger partial charge on any atom is 0.274 e. The highest BCUT2D eigenvalue weighted by Crippen LogP contribution is 2.28. The fraction of sp³-hybridized carbons (Fsp3) is 0.286. The molecule has 3 aromatic rings. The average Bonchev–Trinajstić information content (AvgIpc) is 3.37. The van der Waals surface area contributed by atoms with Gasteiger partial charge in [0.25, 0.3) is 5.91 Å². The number of hydrogen-bond acceptors (Lipinski definition) is 4. The SMILES string of the molecule is CCc1c(C(=O)NC2(c3ccccc3)CCNC2)nnn1-c1ccccc1. The molecule has 2 N–H and O–H groups in total. The van der Waals surface area contributed by atoms with Crippen LogP contribution < -0.4 is 10.6 Å². The number of nitrogens with zero attached hydrogens (tertiary/aromatic N) is 3. The maximum atomic E-state index is 13.1. The van der Waals surface area contributed by atoms with Crippen molar-refractivity contribution in [1.82, 2.24) is 25.6 Å². The molecule has 0 spiro atoms. The number of carbonyl (C=O) groups excluding carboxylic acids is 1. The minimum absolute atomic E-state index is 0.179. The number of benzene rings is 2. The summed E-state index contributed by atoms with van der Waals surface area (Å²) in [6, 6.07) is 19.9. The molecule has 2 heterocycles. The van der Waals surface area contributed by atoms with E-state index in [0.717, 1.165) is 29.9 Å². The quantitative estimate of drug-likeness (QED) is 0.732. The molecule has 0 saturated carbocycles. The van der Waals surface area contributed by atoms with Gasteiger partial charge in [-0.2, -0.15) is 0 Å². The summed E-state index contributed by atoms with van der Waals surface area (Å²) in [5.74, 6) is -0.179. The Morgan fingerprint density at radius 1 is 1.15 bits per heavy atom. The highest BCUT2D eigenvalue weighted by atomic mass is 16.2. The van der Waals surface area contributed by atoms with Crippen molar-refractivity contribution in [2.45, 2.75) is 25.3 Å². The summed E-state index contributed by atoms with van der Waals surface area (Å²) in [5, 5.41) is 15.1. The van der Waals surface area contributed by atoms with Crippen molar-refractivity contribution < 1.29 is 4.79 Å². The van der Waals surface area contributed by atoms with Crippen LogP contribution >= 0.6 is 0 Å². The molecule has 1 saturated heterocycles. The van der Waals surface area contributed by atoms with E-state index in [4.69, 9.17) is 0 Å². The lowest BCUT2D eigenvalue weighted by Gasteiger charge is -2.30. The van der Waals surface area contributed by atoms with E-state index in [0.29, 0.717) is 18.7 Å². The van der Waals surface area contributed by atoms with E-state index in [1.807, 2.05) is 55.5 Å². The summed E-state index contributed by atoms with van der Waals surface area (Å²) in [7, 11) is 0. The molecule has 1 fully saturated rings. The number of amides is 1. The Balaban J connectivity index is 1.66. The van der Waals surface area contributed by atoms with Crippen molar-refractivity contribution in [1.29, 1.82) is 0 Å². The fourth-order valence-corrected chi connectivity index (χ4v) is 3.72. The van der Waals surface area contributed by atoms with E-state index in [1.54, 1.807) is 4.68 Å². The van der Waals surface area contributed by atoms with Gasteiger partial charge in [0.05, 0.1) is 16.9 Å². The maximum absolute atomic E-state index is 13.1. The van der Waals surface area contributed by atoms with Gasteiger partial charge in [0.2, 0.25) is 0 Å². The van der Waals surface area contributed by atoms with Crippen molar-refractivity contribution in [3.8, 4) is 5.69 Å². The van der Waals surface area contributed by atoms with Gasteiger partial charge in [-0.3, -0.25) is 4.79 Å². The molecule has 1 amide bonds. The summed E-state index contributed by atoms with van der Waals surface area (Å²) in [4.78, 5) is 13.1. The molecule has 1 aliphatic rings. The fourth-order valence-electron chi connectivity index (χ4n) is 3.72. The van der Waals surface area contributed by atoms with Crippen LogP contribution in [0.4, 0.5) is 0 Å². The second-order valence-corrected chi connectivity index (χ2v) is 6.81. The summed E-state index contributed by atoms with van der Waals surface area (Å²) < 4.78 is 1.75. The van der Waals surface area contributed by atoms with E-state index >= 15 is 0 Å². The molecule has 1 aromatic heterocycles. The smallest absolute Gasteiger partial charge is 0.274 e. The molecule has 6 nitrogen and oxygen atoms in total. The third-order valence-electron chi connectivity index (χ3n) is 5.15. The predicted octanol–water partition coefficient (Wildman–Crippen LogP) is 2.45. The number of aromatic nitrogens is 3. The van der Waals surface area contributed by atoms with Crippen LogP contribution in [0, 0.1) is 0 Å². The number of carbonyl (C=O) groups is 1. The summed E-state index contributed by atoms with van der Waals surface area (Å²) in [5.41, 5.74) is 2.80. The van der Waals surface area contributed by atoms with Gasteiger partial charge in [-0.25, -0.2) is 4.68 Å². The van der Waals surface area contributed by atoms with E-state index in [2.05, 4.69) is 33.1 Å². The normalized spacial score (nSPS) is 19.1. The van der Waals surface area contributed by atoms with Gasteiger partial charge in [-0.15, -0.1) is 5.10 Å². The average molecular weight is 361 g/mol. The van der Waals surface area contributed by atoms with Crippen molar-refractivity contribution in [2.24, 2.45) is 0 Å². The molecule has 0 bridgehead atoms. The monoisotopic (exact) mass is 361 g/mol. The van der Waals surface area contributed by atoms with Crippen LogP contribution in [-0.4, -0.2) is 34.0 Å². The second-order valence-electron chi connectivity index (χ2n) is 6.81. The number of hydrogen-bond donors (Lipinski definition) is 2. The van der Waals surface area contributed by atoms with Gasteiger partial charge >= 0.3 is 0 Å². The van der Waals surface area contributed by atoms with Gasteiger partial charge in [0.1, 0.15) is 0 Å². The molecule has 1 atom stereocenters. The molecule has 1 aliphatic heterocycles. The van der Waals surface area contributed by atoms with Crippen LogP contribution in [0.15, 0.2) is 60.7 Å². The van der Waals surface area contributed by atoms with Gasteiger partial charge < -0.3 is 10.6 Å². The van der Waals surface area contributed by atoms with E-state index in [-0.39, 0.29) is 5.91 Å². The van der Waals surface area contributed by atoms with Gasteiger partial charge in [0.15, 0.2) is 5.69 Å². The topological polar surface area (TPSA) is 71.8 Å². The van der Waals surface area contributed by atoms with Crippen LogP contribution in [-0.2, 0) is 12.0 Å². The summed E-state index contributed by atoms with van der Waals surface area (Å²) in [6.07, 6.45) is 1.51. The lowest BCUT2D eigenvalue weighted by molar-refractivity contribution is 0.0898. The molecule has 4 rings (SSSR count). The molecule has 138 valence electrons. The number of para-hydroxylation sites is 1. The van der Waals surface area contributed by atoms with E-state index in [9.17, 15) is 4.79 Å². The first kappa shape index (κ1) is 17.4. The zero-order valence-electron chi connectivity index (χ0n) is 15.4. The van der Waals surface area contributed by atoms with Crippen LogP contribution in [0.3, 0.4) is 0 Å². The molecule has 0 radical (unpaired) electrons. The van der Waals surface area contributed by atoms with Gasteiger partial charge in [0, 0.05) is 6.54 Å². The number of nitrogens with one attached hydrogen (secondary N) is 2. The Morgan fingerprint density at radius 3 is 2.48 bits per heavy atom. The zero-order valence-corrected chi connectivity index (χ0v) is 15.4.